The molecule has 0 aliphatic carbocycles. The molecule has 1 saturated heterocycles. The first-order valence-corrected chi connectivity index (χ1v) is 9.17. The highest BCUT2D eigenvalue weighted by atomic mass is 32.2. The quantitative estimate of drug-likeness (QED) is 0.867. The van der Waals surface area contributed by atoms with E-state index in [0.717, 1.165) is 6.26 Å². The van der Waals surface area contributed by atoms with Crippen LogP contribution in [0.5, 0.6) is 0 Å². The molecule has 23 heavy (non-hydrogen) atoms. The van der Waals surface area contributed by atoms with Gasteiger partial charge >= 0.3 is 0 Å². The van der Waals surface area contributed by atoms with Gasteiger partial charge in [0.1, 0.15) is 4.90 Å². The number of anilines is 1. The highest BCUT2D eigenvalue weighted by Crippen LogP contribution is 2.36. The lowest BCUT2D eigenvalue weighted by Gasteiger charge is -2.19. The number of hydrogen-bond donors (Lipinski definition) is 0. The third kappa shape index (κ3) is 2.86. The summed E-state index contributed by atoms with van der Waals surface area (Å²) in [6.45, 7) is 0.406. The Balaban J connectivity index is 2.24. The van der Waals surface area contributed by atoms with Crippen molar-refractivity contribution in [3.8, 4) is 11.1 Å². The fraction of sp³-hybridized carbons (Fsp3) is 0.235. The summed E-state index contributed by atoms with van der Waals surface area (Å²) < 4.78 is 39.3. The molecule has 1 fully saturated rings. The first kappa shape index (κ1) is 15.7. The highest BCUT2D eigenvalue weighted by molar-refractivity contribution is 7.90. The Hall–Kier alpha value is -2.21. The van der Waals surface area contributed by atoms with Gasteiger partial charge in [0.25, 0.3) is 0 Å². The van der Waals surface area contributed by atoms with Crippen molar-refractivity contribution < 1.29 is 17.6 Å². The molecule has 2 aromatic carbocycles. The third-order valence-corrected chi connectivity index (χ3v) is 5.04. The lowest BCUT2D eigenvalue weighted by atomic mass is 10.0. The van der Waals surface area contributed by atoms with Gasteiger partial charge in [0.2, 0.25) is 5.91 Å². The predicted molar refractivity (Wildman–Crippen MR) is 86.5 cm³/mol. The summed E-state index contributed by atoms with van der Waals surface area (Å²) in [7, 11) is -3.79. The van der Waals surface area contributed by atoms with Crippen LogP contribution in [-0.4, -0.2) is 27.1 Å². The molecule has 120 valence electrons. The Labute approximate surface area is 134 Å². The highest BCUT2D eigenvalue weighted by Gasteiger charge is 2.29. The zero-order chi connectivity index (χ0) is 16.6. The number of rotatable bonds is 3. The van der Waals surface area contributed by atoms with Gasteiger partial charge in [0, 0.05) is 24.8 Å². The van der Waals surface area contributed by atoms with Crippen LogP contribution < -0.4 is 4.90 Å². The fourth-order valence-electron chi connectivity index (χ4n) is 2.86. The lowest BCUT2D eigenvalue weighted by molar-refractivity contribution is -0.117. The molecule has 0 N–H and O–H groups in total. The van der Waals surface area contributed by atoms with E-state index in [0.29, 0.717) is 30.5 Å². The van der Waals surface area contributed by atoms with Crippen molar-refractivity contribution >= 4 is 21.4 Å². The molecule has 6 heteroatoms. The number of sulfone groups is 1. The molecule has 1 aliphatic rings. The van der Waals surface area contributed by atoms with Gasteiger partial charge in [-0.15, -0.1) is 0 Å². The Morgan fingerprint density at radius 1 is 1.09 bits per heavy atom. The second kappa shape index (κ2) is 5.77. The lowest BCUT2D eigenvalue weighted by Crippen LogP contribution is -2.25. The maximum Gasteiger partial charge on any atom is 0.227 e. The number of nitrogens with zero attached hydrogens (tertiary/aromatic N) is 1. The van der Waals surface area contributed by atoms with Gasteiger partial charge in [-0.3, -0.25) is 4.79 Å². The molecule has 0 bridgehead atoms. The van der Waals surface area contributed by atoms with Crippen LogP contribution in [0.15, 0.2) is 47.4 Å². The minimum Gasteiger partial charge on any atom is -0.310 e. The number of carbonyl (C=O) groups is 1. The van der Waals surface area contributed by atoms with Crippen LogP contribution in [0.2, 0.25) is 0 Å². The smallest absolute Gasteiger partial charge is 0.227 e. The minimum absolute atomic E-state index is 0.0348. The van der Waals surface area contributed by atoms with E-state index in [1.807, 2.05) is 0 Å². The second-order valence-electron chi connectivity index (χ2n) is 5.56. The van der Waals surface area contributed by atoms with Crippen molar-refractivity contribution in [2.24, 2.45) is 0 Å². The van der Waals surface area contributed by atoms with E-state index in [-0.39, 0.29) is 16.5 Å². The average Bonchev–Trinajstić information content (AvgIpc) is 2.92. The number of carbonyl (C=O) groups excluding carboxylic acids is 1. The molecule has 0 radical (unpaired) electrons. The number of benzene rings is 2. The van der Waals surface area contributed by atoms with Crippen molar-refractivity contribution in [1.29, 1.82) is 0 Å². The molecular formula is C17H16FNO3S. The summed E-state index contributed by atoms with van der Waals surface area (Å²) in [6.07, 6.45) is 1.98. The second-order valence-corrected chi connectivity index (χ2v) is 7.52. The molecule has 0 unspecified atom stereocenters. The first-order valence-electron chi connectivity index (χ1n) is 7.28. The zero-order valence-corrected chi connectivity index (χ0v) is 13.4. The molecular weight excluding hydrogens is 317 g/mol. The van der Waals surface area contributed by atoms with E-state index in [4.69, 9.17) is 0 Å². The van der Waals surface area contributed by atoms with Crippen molar-refractivity contribution in [3.63, 3.8) is 0 Å². The molecule has 0 atom stereocenters. The van der Waals surface area contributed by atoms with E-state index in [1.165, 1.54) is 11.0 Å². The van der Waals surface area contributed by atoms with Gasteiger partial charge in [-0.2, -0.15) is 0 Å². The molecule has 1 heterocycles. The summed E-state index contributed by atoms with van der Waals surface area (Å²) in [4.78, 5) is 12.8. The van der Waals surface area contributed by atoms with E-state index in [1.54, 1.807) is 36.4 Å². The normalized spacial score (nSPS) is 15.2. The van der Waals surface area contributed by atoms with Gasteiger partial charge < -0.3 is 4.90 Å². The topological polar surface area (TPSA) is 54.5 Å². The van der Waals surface area contributed by atoms with Crippen LogP contribution in [0.3, 0.4) is 0 Å². The van der Waals surface area contributed by atoms with E-state index < -0.39 is 15.7 Å². The molecule has 1 amide bonds. The Morgan fingerprint density at radius 3 is 2.35 bits per heavy atom. The van der Waals surface area contributed by atoms with Crippen molar-refractivity contribution in [2.45, 2.75) is 17.7 Å². The van der Waals surface area contributed by atoms with Crippen molar-refractivity contribution in [3.05, 3.63) is 48.3 Å². The number of amides is 1. The summed E-state index contributed by atoms with van der Waals surface area (Å²) in [5.41, 5.74) is 0.958. The van der Waals surface area contributed by atoms with Crippen LogP contribution >= 0.6 is 0 Å². The first-order chi connectivity index (χ1) is 10.9. The van der Waals surface area contributed by atoms with Gasteiger partial charge in [-0.1, -0.05) is 36.4 Å². The van der Waals surface area contributed by atoms with Gasteiger partial charge in [0.05, 0.1) is 5.69 Å². The van der Waals surface area contributed by atoms with Crippen LogP contribution in [-0.2, 0) is 14.6 Å². The zero-order valence-electron chi connectivity index (χ0n) is 12.6. The predicted octanol–water partition coefficient (Wildman–Crippen LogP) is 3.02. The Morgan fingerprint density at radius 2 is 1.78 bits per heavy atom. The molecule has 4 nitrogen and oxygen atoms in total. The fourth-order valence-corrected chi connectivity index (χ4v) is 3.88. The van der Waals surface area contributed by atoms with E-state index in [2.05, 4.69) is 0 Å². The van der Waals surface area contributed by atoms with Gasteiger partial charge in [-0.05, 0) is 18.1 Å². The minimum atomic E-state index is -3.79. The summed E-state index contributed by atoms with van der Waals surface area (Å²) in [5, 5.41) is 0. The molecule has 2 aromatic rings. The SMILES string of the molecule is CS(=O)(=O)c1c(-c2ccccc2)ccc(N2CCCC2=O)c1F. The average molecular weight is 333 g/mol. The number of halogens is 1. The summed E-state index contributed by atoms with van der Waals surface area (Å²) >= 11 is 0. The van der Waals surface area contributed by atoms with E-state index >= 15 is 0 Å². The maximum absolute atomic E-state index is 15.0. The maximum atomic E-state index is 15.0. The van der Waals surface area contributed by atoms with Gasteiger partial charge in [0.15, 0.2) is 15.7 Å². The van der Waals surface area contributed by atoms with E-state index in [9.17, 15) is 17.6 Å². The molecule has 1 aliphatic heterocycles. The molecule has 0 saturated carbocycles. The van der Waals surface area contributed by atoms with Crippen LogP contribution in [0, 0.1) is 5.82 Å². The largest absolute Gasteiger partial charge is 0.310 e. The monoisotopic (exact) mass is 333 g/mol. The molecule has 0 aromatic heterocycles. The number of hydrogen-bond acceptors (Lipinski definition) is 3. The van der Waals surface area contributed by atoms with Crippen molar-refractivity contribution in [1.82, 2.24) is 0 Å². The van der Waals surface area contributed by atoms with Crippen LogP contribution in [0.4, 0.5) is 10.1 Å². The standard InChI is InChI=1S/C17H16FNO3S/c1-23(21,22)17-13(12-6-3-2-4-7-12)9-10-14(16(17)18)19-11-5-8-15(19)20/h2-4,6-7,9-10H,5,8,11H2,1H3. The van der Waals surface area contributed by atoms with Gasteiger partial charge in [-0.25, -0.2) is 12.8 Å². The molecule has 3 rings (SSSR count). The van der Waals surface area contributed by atoms with Crippen LogP contribution in [0.25, 0.3) is 11.1 Å². The third-order valence-electron chi connectivity index (χ3n) is 3.90. The van der Waals surface area contributed by atoms with Crippen LogP contribution in [0.1, 0.15) is 12.8 Å². The Bertz CT molecular complexity index is 863. The van der Waals surface area contributed by atoms with Crippen molar-refractivity contribution in [2.75, 3.05) is 17.7 Å². The molecule has 0 spiro atoms. The Kier molecular flexibility index (Phi) is 3.93. The summed E-state index contributed by atoms with van der Waals surface area (Å²) in [6, 6.07) is 11.8. The summed E-state index contributed by atoms with van der Waals surface area (Å²) in [5.74, 6) is -1.04.